The summed E-state index contributed by atoms with van der Waals surface area (Å²) in [4.78, 5) is 6.16. The summed E-state index contributed by atoms with van der Waals surface area (Å²) in [6.07, 6.45) is 2.55. The molecule has 1 aromatic rings. The van der Waals surface area contributed by atoms with Gasteiger partial charge < -0.3 is 15.4 Å². The SMILES string of the molecule is NC1CCN(c2cncc(OCC(F)F)c2)CC1. The molecule has 6 heteroatoms. The second-order valence-electron chi connectivity index (χ2n) is 4.41. The third-order valence-electron chi connectivity index (χ3n) is 2.98. The van der Waals surface area contributed by atoms with Gasteiger partial charge in [0, 0.05) is 25.2 Å². The van der Waals surface area contributed by atoms with E-state index >= 15 is 0 Å². The monoisotopic (exact) mass is 257 g/mol. The molecule has 2 heterocycles. The normalized spacial score (nSPS) is 17.2. The molecule has 1 aliphatic heterocycles. The van der Waals surface area contributed by atoms with Crippen molar-refractivity contribution in [3.05, 3.63) is 18.5 Å². The predicted molar refractivity (Wildman–Crippen MR) is 65.2 cm³/mol. The van der Waals surface area contributed by atoms with Crippen molar-refractivity contribution >= 4 is 5.69 Å². The number of nitrogens with zero attached hydrogens (tertiary/aromatic N) is 2. The zero-order valence-electron chi connectivity index (χ0n) is 10.1. The van der Waals surface area contributed by atoms with Crippen molar-refractivity contribution < 1.29 is 13.5 Å². The van der Waals surface area contributed by atoms with E-state index in [0.717, 1.165) is 31.6 Å². The minimum absolute atomic E-state index is 0.257. The number of ether oxygens (including phenoxy) is 1. The zero-order chi connectivity index (χ0) is 13.0. The highest BCUT2D eigenvalue weighted by Gasteiger charge is 2.17. The summed E-state index contributed by atoms with van der Waals surface area (Å²) in [7, 11) is 0. The third-order valence-corrected chi connectivity index (χ3v) is 2.98. The van der Waals surface area contributed by atoms with Gasteiger partial charge in [0.15, 0.2) is 0 Å². The van der Waals surface area contributed by atoms with Crippen LogP contribution < -0.4 is 15.4 Å². The van der Waals surface area contributed by atoms with Gasteiger partial charge in [0.25, 0.3) is 6.43 Å². The highest BCUT2D eigenvalue weighted by Crippen LogP contribution is 2.22. The first-order valence-electron chi connectivity index (χ1n) is 6.01. The molecule has 1 fully saturated rings. The number of halogens is 2. The maximum absolute atomic E-state index is 12.0. The first kappa shape index (κ1) is 13.0. The van der Waals surface area contributed by atoms with E-state index in [-0.39, 0.29) is 6.04 Å². The van der Waals surface area contributed by atoms with Gasteiger partial charge in [-0.2, -0.15) is 0 Å². The zero-order valence-corrected chi connectivity index (χ0v) is 10.1. The molecular formula is C12H17F2N3O. The van der Waals surface area contributed by atoms with Crippen LogP contribution in [0.25, 0.3) is 0 Å². The second kappa shape index (κ2) is 5.95. The van der Waals surface area contributed by atoms with Crippen molar-refractivity contribution in [1.82, 2.24) is 4.98 Å². The molecule has 1 aromatic heterocycles. The fourth-order valence-electron chi connectivity index (χ4n) is 1.98. The molecular weight excluding hydrogens is 240 g/mol. The van der Waals surface area contributed by atoms with Crippen molar-refractivity contribution in [3.8, 4) is 5.75 Å². The van der Waals surface area contributed by atoms with Gasteiger partial charge in [-0.25, -0.2) is 8.78 Å². The Bertz CT molecular complexity index is 381. The number of hydrogen-bond acceptors (Lipinski definition) is 4. The summed E-state index contributed by atoms with van der Waals surface area (Å²) in [5, 5.41) is 0. The Kier molecular flexibility index (Phi) is 4.30. The van der Waals surface area contributed by atoms with Crippen molar-refractivity contribution in [2.75, 3.05) is 24.6 Å². The van der Waals surface area contributed by atoms with Gasteiger partial charge in [0.2, 0.25) is 0 Å². The Morgan fingerprint density at radius 2 is 2.11 bits per heavy atom. The molecule has 18 heavy (non-hydrogen) atoms. The Labute approximate surface area is 105 Å². The second-order valence-corrected chi connectivity index (χ2v) is 4.41. The Balaban J connectivity index is 1.98. The summed E-state index contributed by atoms with van der Waals surface area (Å²) in [6.45, 7) is 1.12. The predicted octanol–water partition coefficient (Wildman–Crippen LogP) is 1.65. The van der Waals surface area contributed by atoms with E-state index in [1.54, 1.807) is 12.3 Å². The summed E-state index contributed by atoms with van der Waals surface area (Å²) >= 11 is 0. The molecule has 2 rings (SSSR count). The average molecular weight is 257 g/mol. The van der Waals surface area contributed by atoms with Crippen LogP contribution in [0.15, 0.2) is 18.5 Å². The number of nitrogens with two attached hydrogens (primary N) is 1. The number of rotatable bonds is 4. The van der Waals surface area contributed by atoms with Crippen LogP contribution in [0.2, 0.25) is 0 Å². The number of hydrogen-bond donors (Lipinski definition) is 1. The van der Waals surface area contributed by atoms with Crippen LogP contribution >= 0.6 is 0 Å². The summed E-state index contributed by atoms with van der Waals surface area (Å²) in [6, 6.07) is 2.00. The lowest BCUT2D eigenvalue weighted by Crippen LogP contribution is -2.39. The smallest absolute Gasteiger partial charge is 0.272 e. The summed E-state index contributed by atoms with van der Waals surface area (Å²) in [5.41, 5.74) is 6.73. The molecule has 100 valence electrons. The Morgan fingerprint density at radius 3 is 2.78 bits per heavy atom. The van der Waals surface area contributed by atoms with E-state index in [0.29, 0.717) is 5.75 Å². The maximum Gasteiger partial charge on any atom is 0.272 e. The lowest BCUT2D eigenvalue weighted by atomic mass is 10.1. The minimum atomic E-state index is -2.47. The molecule has 2 N–H and O–H groups in total. The van der Waals surface area contributed by atoms with Crippen molar-refractivity contribution in [3.63, 3.8) is 0 Å². The molecule has 0 aromatic carbocycles. The van der Waals surface area contributed by atoms with Crippen molar-refractivity contribution in [1.29, 1.82) is 0 Å². The first-order valence-corrected chi connectivity index (χ1v) is 6.01. The number of piperidine rings is 1. The van der Waals surface area contributed by atoms with Gasteiger partial charge in [-0.05, 0) is 12.8 Å². The van der Waals surface area contributed by atoms with E-state index in [2.05, 4.69) is 9.88 Å². The molecule has 0 radical (unpaired) electrons. The maximum atomic E-state index is 12.0. The summed E-state index contributed by atoms with van der Waals surface area (Å²) in [5.74, 6) is 0.377. The van der Waals surface area contributed by atoms with Gasteiger partial charge in [-0.3, -0.25) is 4.98 Å². The largest absolute Gasteiger partial charge is 0.486 e. The molecule has 0 atom stereocenters. The fourth-order valence-corrected chi connectivity index (χ4v) is 1.98. The number of anilines is 1. The molecule has 4 nitrogen and oxygen atoms in total. The van der Waals surface area contributed by atoms with Crippen LogP contribution in [0.4, 0.5) is 14.5 Å². The quantitative estimate of drug-likeness (QED) is 0.891. The molecule has 0 aliphatic carbocycles. The summed E-state index contributed by atoms with van der Waals surface area (Å²) < 4.78 is 29.1. The van der Waals surface area contributed by atoms with Crippen LogP contribution in [-0.2, 0) is 0 Å². The van der Waals surface area contributed by atoms with Crippen LogP contribution in [0.5, 0.6) is 5.75 Å². The molecule has 0 spiro atoms. The van der Waals surface area contributed by atoms with Gasteiger partial charge in [0.1, 0.15) is 12.4 Å². The van der Waals surface area contributed by atoms with Gasteiger partial charge in [-0.15, -0.1) is 0 Å². The fraction of sp³-hybridized carbons (Fsp3) is 0.583. The number of pyridine rings is 1. The van der Waals surface area contributed by atoms with Gasteiger partial charge >= 0.3 is 0 Å². The highest BCUT2D eigenvalue weighted by atomic mass is 19.3. The number of alkyl halides is 2. The molecule has 1 aliphatic rings. The van der Waals surface area contributed by atoms with E-state index in [1.165, 1.54) is 6.20 Å². The van der Waals surface area contributed by atoms with Crippen molar-refractivity contribution in [2.45, 2.75) is 25.3 Å². The standard InChI is InChI=1S/C12H17F2N3O/c13-12(14)8-18-11-5-10(6-16-7-11)17-3-1-9(15)2-4-17/h5-7,9,12H,1-4,8,15H2. The molecule has 0 unspecified atom stereocenters. The van der Waals surface area contributed by atoms with Crippen LogP contribution in [0.1, 0.15) is 12.8 Å². The lowest BCUT2D eigenvalue weighted by Gasteiger charge is -2.31. The van der Waals surface area contributed by atoms with Gasteiger partial charge in [0.05, 0.1) is 18.1 Å². The number of aromatic nitrogens is 1. The lowest BCUT2D eigenvalue weighted by molar-refractivity contribution is 0.0817. The third kappa shape index (κ3) is 3.53. The topological polar surface area (TPSA) is 51.4 Å². The first-order chi connectivity index (χ1) is 8.65. The Morgan fingerprint density at radius 1 is 1.39 bits per heavy atom. The molecule has 0 amide bonds. The minimum Gasteiger partial charge on any atom is -0.486 e. The highest BCUT2D eigenvalue weighted by molar-refractivity contribution is 5.48. The Hall–Kier alpha value is -1.43. The van der Waals surface area contributed by atoms with Crippen molar-refractivity contribution in [2.24, 2.45) is 5.73 Å². The molecule has 1 saturated heterocycles. The van der Waals surface area contributed by atoms with Crippen LogP contribution in [0.3, 0.4) is 0 Å². The van der Waals surface area contributed by atoms with Crippen LogP contribution in [-0.4, -0.2) is 37.1 Å². The average Bonchev–Trinajstić information content (AvgIpc) is 2.37. The molecule has 0 bridgehead atoms. The van der Waals surface area contributed by atoms with Gasteiger partial charge in [-0.1, -0.05) is 0 Å². The van der Waals surface area contributed by atoms with E-state index in [1.807, 2.05) is 0 Å². The van der Waals surface area contributed by atoms with E-state index in [4.69, 9.17) is 10.5 Å². The van der Waals surface area contributed by atoms with E-state index < -0.39 is 13.0 Å². The van der Waals surface area contributed by atoms with E-state index in [9.17, 15) is 8.78 Å². The van der Waals surface area contributed by atoms with Crippen LogP contribution in [0, 0.1) is 0 Å². The molecule has 0 saturated carbocycles.